The van der Waals surface area contributed by atoms with Gasteiger partial charge in [-0.3, -0.25) is 4.79 Å². The molecule has 2 aromatic carbocycles. The number of hydrazone groups is 1. The maximum absolute atomic E-state index is 12.1. The topological polar surface area (TPSA) is 77.7 Å². The van der Waals surface area contributed by atoms with Crippen molar-refractivity contribution in [2.24, 2.45) is 5.10 Å². The van der Waals surface area contributed by atoms with Crippen molar-refractivity contribution in [2.75, 3.05) is 13.7 Å². The molecule has 1 aromatic heterocycles. The van der Waals surface area contributed by atoms with Gasteiger partial charge in [0.2, 0.25) is 0 Å². The van der Waals surface area contributed by atoms with Crippen LogP contribution in [0.4, 0.5) is 0 Å². The highest BCUT2D eigenvalue weighted by Crippen LogP contribution is 2.27. The standard InChI is InChI=1S/C19H20N4O3/c1-3-26-17-9-8-14(10-18(17)25-2)11-21-22-19(24)12-23-13-20-15-6-4-5-7-16(15)23/h4-11,13H,3,12H2,1-2H3,(H,22,24)/b21-11-. The van der Waals surface area contributed by atoms with Gasteiger partial charge in [0.15, 0.2) is 11.5 Å². The minimum absolute atomic E-state index is 0.143. The van der Waals surface area contributed by atoms with E-state index in [0.717, 1.165) is 16.6 Å². The number of hydrogen-bond acceptors (Lipinski definition) is 5. The van der Waals surface area contributed by atoms with E-state index < -0.39 is 0 Å². The summed E-state index contributed by atoms with van der Waals surface area (Å²) < 4.78 is 12.5. The van der Waals surface area contributed by atoms with E-state index in [1.807, 2.05) is 43.3 Å². The molecule has 0 unspecified atom stereocenters. The van der Waals surface area contributed by atoms with Crippen LogP contribution in [0, 0.1) is 0 Å². The van der Waals surface area contributed by atoms with Crippen LogP contribution in [-0.4, -0.2) is 35.4 Å². The Kier molecular flexibility index (Phi) is 5.48. The van der Waals surface area contributed by atoms with Gasteiger partial charge >= 0.3 is 0 Å². The second kappa shape index (κ2) is 8.15. The average molecular weight is 352 g/mol. The zero-order valence-corrected chi connectivity index (χ0v) is 14.7. The minimum Gasteiger partial charge on any atom is -0.493 e. The number of para-hydroxylation sites is 2. The number of hydrogen-bond donors (Lipinski definition) is 1. The van der Waals surface area contributed by atoms with Gasteiger partial charge in [-0.15, -0.1) is 0 Å². The van der Waals surface area contributed by atoms with Crippen LogP contribution in [0.3, 0.4) is 0 Å². The number of aromatic nitrogens is 2. The molecule has 0 saturated carbocycles. The van der Waals surface area contributed by atoms with E-state index in [0.29, 0.717) is 18.1 Å². The molecule has 0 bridgehead atoms. The van der Waals surface area contributed by atoms with Crippen LogP contribution < -0.4 is 14.9 Å². The smallest absolute Gasteiger partial charge is 0.260 e. The van der Waals surface area contributed by atoms with E-state index >= 15 is 0 Å². The fourth-order valence-electron chi connectivity index (χ4n) is 2.54. The predicted molar refractivity (Wildman–Crippen MR) is 99.6 cm³/mol. The molecule has 1 amide bonds. The van der Waals surface area contributed by atoms with Crippen LogP contribution in [-0.2, 0) is 11.3 Å². The monoisotopic (exact) mass is 352 g/mol. The number of imidazole rings is 1. The Hall–Kier alpha value is -3.35. The highest BCUT2D eigenvalue weighted by atomic mass is 16.5. The summed E-state index contributed by atoms with van der Waals surface area (Å²) in [6, 6.07) is 13.1. The van der Waals surface area contributed by atoms with E-state index in [1.165, 1.54) is 0 Å². The quantitative estimate of drug-likeness (QED) is 0.524. The number of ether oxygens (including phenoxy) is 2. The summed E-state index contributed by atoms with van der Waals surface area (Å²) in [5.41, 5.74) is 5.07. The lowest BCUT2D eigenvalue weighted by Gasteiger charge is -2.09. The number of amides is 1. The molecule has 134 valence electrons. The Balaban J connectivity index is 1.62. The minimum atomic E-state index is -0.234. The Morgan fingerprint density at radius 1 is 1.27 bits per heavy atom. The first-order valence-electron chi connectivity index (χ1n) is 8.24. The molecule has 0 fully saturated rings. The predicted octanol–water partition coefficient (Wildman–Crippen LogP) is 2.59. The van der Waals surface area contributed by atoms with Gasteiger partial charge in [-0.25, -0.2) is 10.4 Å². The molecular formula is C19H20N4O3. The van der Waals surface area contributed by atoms with Gasteiger partial charge in [0.05, 0.1) is 37.3 Å². The lowest BCUT2D eigenvalue weighted by molar-refractivity contribution is -0.121. The van der Waals surface area contributed by atoms with Crippen molar-refractivity contribution in [3.8, 4) is 11.5 Å². The van der Waals surface area contributed by atoms with Crippen LogP contribution in [0.2, 0.25) is 0 Å². The van der Waals surface area contributed by atoms with Crippen molar-refractivity contribution >= 4 is 23.2 Å². The van der Waals surface area contributed by atoms with E-state index in [4.69, 9.17) is 9.47 Å². The van der Waals surface area contributed by atoms with Crippen molar-refractivity contribution in [3.63, 3.8) is 0 Å². The van der Waals surface area contributed by atoms with Crippen LogP contribution in [0.25, 0.3) is 11.0 Å². The fourth-order valence-corrected chi connectivity index (χ4v) is 2.54. The normalized spacial score (nSPS) is 11.0. The first-order chi connectivity index (χ1) is 12.7. The van der Waals surface area contributed by atoms with Gasteiger partial charge < -0.3 is 14.0 Å². The van der Waals surface area contributed by atoms with E-state index in [9.17, 15) is 4.79 Å². The number of carbonyl (C=O) groups is 1. The number of rotatable bonds is 7. The molecule has 0 aliphatic carbocycles. The second-order valence-electron chi connectivity index (χ2n) is 5.50. The summed E-state index contributed by atoms with van der Waals surface area (Å²) in [7, 11) is 1.58. The van der Waals surface area contributed by atoms with Gasteiger partial charge in [-0.2, -0.15) is 5.10 Å². The molecule has 3 aromatic rings. The van der Waals surface area contributed by atoms with Crippen LogP contribution in [0.1, 0.15) is 12.5 Å². The third-order valence-electron chi connectivity index (χ3n) is 3.73. The number of nitrogens with one attached hydrogen (secondary N) is 1. The van der Waals surface area contributed by atoms with E-state index in [1.54, 1.807) is 30.3 Å². The summed E-state index contributed by atoms with van der Waals surface area (Å²) in [4.78, 5) is 16.3. The highest BCUT2D eigenvalue weighted by Gasteiger charge is 2.06. The first kappa shape index (κ1) is 17.5. The summed E-state index contributed by atoms with van der Waals surface area (Å²) >= 11 is 0. The zero-order valence-electron chi connectivity index (χ0n) is 14.7. The molecule has 0 saturated heterocycles. The fraction of sp³-hybridized carbons (Fsp3) is 0.211. The third kappa shape index (κ3) is 4.00. The van der Waals surface area contributed by atoms with Crippen molar-refractivity contribution in [3.05, 3.63) is 54.4 Å². The van der Waals surface area contributed by atoms with Gasteiger partial charge in [0.1, 0.15) is 6.54 Å². The van der Waals surface area contributed by atoms with Gasteiger partial charge in [-0.1, -0.05) is 12.1 Å². The molecule has 1 heterocycles. The maximum atomic E-state index is 12.1. The Labute approximate surface area is 151 Å². The van der Waals surface area contributed by atoms with Crippen molar-refractivity contribution in [2.45, 2.75) is 13.5 Å². The van der Waals surface area contributed by atoms with Crippen molar-refractivity contribution in [1.29, 1.82) is 0 Å². The molecule has 0 radical (unpaired) electrons. The molecule has 26 heavy (non-hydrogen) atoms. The number of methoxy groups -OCH3 is 1. The summed E-state index contributed by atoms with van der Waals surface area (Å²) in [6.45, 7) is 2.61. The van der Waals surface area contributed by atoms with E-state index in [-0.39, 0.29) is 12.5 Å². The summed E-state index contributed by atoms with van der Waals surface area (Å²) in [5.74, 6) is 1.05. The first-order valence-corrected chi connectivity index (χ1v) is 8.24. The molecule has 0 aliphatic heterocycles. The maximum Gasteiger partial charge on any atom is 0.260 e. The second-order valence-corrected chi connectivity index (χ2v) is 5.50. The third-order valence-corrected chi connectivity index (χ3v) is 3.73. The van der Waals surface area contributed by atoms with Crippen LogP contribution in [0.5, 0.6) is 11.5 Å². The van der Waals surface area contributed by atoms with E-state index in [2.05, 4.69) is 15.5 Å². The number of fused-ring (bicyclic) bond motifs is 1. The molecule has 0 aliphatic rings. The molecule has 1 N–H and O–H groups in total. The number of benzene rings is 2. The van der Waals surface area contributed by atoms with Gasteiger partial charge in [-0.05, 0) is 42.8 Å². The SMILES string of the molecule is CCOc1ccc(/C=N\NC(=O)Cn2cnc3ccccc32)cc1OC. The van der Waals surface area contributed by atoms with Crippen molar-refractivity contribution < 1.29 is 14.3 Å². The number of nitrogens with zero attached hydrogens (tertiary/aromatic N) is 3. The molecule has 7 nitrogen and oxygen atoms in total. The van der Waals surface area contributed by atoms with Gasteiger partial charge in [0, 0.05) is 0 Å². The highest BCUT2D eigenvalue weighted by molar-refractivity contribution is 5.84. The molecule has 3 rings (SSSR count). The van der Waals surface area contributed by atoms with Gasteiger partial charge in [0.25, 0.3) is 5.91 Å². The zero-order chi connectivity index (χ0) is 18.4. The largest absolute Gasteiger partial charge is 0.493 e. The average Bonchev–Trinajstić information content (AvgIpc) is 3.06. The van der Waals surface area contributed by atoms with Crippen LogP contribution in [0.15, 0.2) is 53.9 Å². The number of carbonyl (C=O) groups excluding carboxylic acids is 1. The molecule has 7 heteroatoms. The Bertz CT molecular complexity index is 933. The Morgan fingerprint density at radius 2 is 2.12 bits per heavy atom. The van der Waals surface area contributed by atoms with Crippen molar-refractivity contribution in [1.82, 2.24) is 15.0 Å². The lowest BCUT2D eigenvalue weighted by Crippen LogP contribution is -2.22. The summed E-state index contributed by atoms with van der Waals surface area (Å²) in [6.07, 6.45) is 3.20. The van der Waals surface area contributed by atoms with Crippen LogP contribution >= 0.6 is 0 Å². The molecule has 0 spiro atoms. The summed E-state index contributed by atoms with van der Waals surface area (Å²) in [5, 5.41) is 4.00. The lowest BCUT2D eigenvalue weighted by atomic mass is 10.2. The Morgan fingerprint density at radius 3 is 2.92 bits per heavy atom. The molecular weight excluding hydrogens is 332 g/mol. The molecule has 0 atom stereocenters.